The lowest BCUT2D eigenvalue weighted by Crippen LogP contribution is -2.62. The first kappa shape index (κ1) is 44.5. The molecule has 0 radical (unpaired) electrons. The van der Waals surface area contributed by atoms with Crippen LogP contribution in [-0.2, 0) is 39.9 Å². The van der Waals surface area contributed by atoms with Gasteiger partial charge in [0.2, 0.25) is 29.5 Å². The highest BCUT2D eigenvalue weighted by molar-refractivity contribution is 5.98. The summed E-state index contributed by atoms with van der Waals surface area (Å²) in [5.41, 5.74) is -0.133. The lowest BCUT2D eigenvalue weighted by Gasteiger charge is -2.39. The molecule has 0 aliphatic carbocycles. The maximum atomic E-state index is 14.5. The van der Waals surface area contributed by atoms with Crippen LogP contribution in [0.1, 0.15) is 57.9 Å². The van der Waals surface area contributed by atoms with Gasteiger partial charge in [0.15, 0.2) is 0 Å². The van der Waals surface area contributed by atoms with Gasteiger partial charge in [-0.05, 0) is 93.3 Å². The fourth-order valence-corrected chi connectivity index (χ4v) is 8.23. The van der Waals surface area contributed by atoms with Crippen LogP contribution in [0.3, 0.4) is 0 Å². The van der Waals surface area contributed by atoms with Gasteiger partial charge in [0.1, 0.15) is 60.2 Å². The van der Waals surface area contributed by atoms with Gasteiger partial charge in [0, 0.05) is 37.8 Å². The van der Waals surface area contributed by atoms with Crippen LogP contribution in [0.25, 0.3) is 0 Å². The quantitative estimate of drug-likeness (QED) is 0.239. The first-order chi connectivity index (χ1) is 28.9. The Morgan fingerprint density at radius 3 is 2.20 bits per heavy atom. The number of fused-ring (bicyclic) bond motifs is 3. The minimum atomic E-state index is -4.97. The standard InChI is InChI=1S/C40H46F5N7O9/c1-21-14-32-38(58)60-20-29(36(56)51-13-5-7-31(51)37(57)50-12-4-3-6-30(50)34(54)46-22(2)35(55)52(32)19-21)48-33(53)28(17-23-15-24(41)18-25(42)16-23)49-39(59)47-26-8-10-27(11-9-26)61-40(43,44)45/h8-11,15-16,18,21-22,28-32H,3-7,12-14,17,19-20H2,1-2H3,(H,46,54)(H,48,53)(H2,47,49,59). The third kappa shape index (κ3) is 11.0. The molecule has 7 amide bonds. The number of cyclic esters (lactones) is 1. The van der Waals surface area contributed by atoms with Crippen molar-refractivity contribution in [3.63, 3.8) is 0 Å². The second kappa shape index (κ2) is 18.7. The normalized spacial score (nSPS) is 25.8. The zero-order valence-corrected chi connectivity index (χ0v) is 33.3. The van der Waals surface area contributed by atoms with E-state index in [-0.39, 0.29) is 49.6 Å². The summed E-state index contributed by atoms with van der Waals surface area (Å²) in [6, 6.07) is -2.24. The van der Waals surface area contributed by atoms with Gasteiger partial charge in [-0.25, -0.2) is 18.4 Å². The van der Waals surface area contributed by atoms with Crippen molar-refractivity contribution >= 4 is 47.2 Å². The number of amides is 7. The number of anilines is 1. The third-order valence-corrected chi connectivity index (χ3v) is 11.0. The van der Waals surface area contributed by atoms with E-state index in [2.05, 4.69) is 26.0 Å². The minimum absolute atomic E-state index is 0.0380. The Labute approximate surface area is 346 Å². The molecular formula is C40H46F5N7O9. The molecule has 21 heteroatoms. The van der Waals surface area contributed by atoms with Crippen LogP contribution in [0, 0.1) is 17.6 Å². The van der Waals surface area contributed by atoms with Gasteiger partial charge in [-0.2, -0.15) is 0 Å². The summed E-state index contributed by atoms with van der Waals surface area (Å²) in [6.07, 6.45) is -3.23. The number of piperidine rings is 1. The van der Waals surface area contributed by atoms with Crippen LogP contribution in [0.5, 0.6) is 5.75 Å². The van der Waals surface area contributed by atoms with Gasteiger partial charge in [0.05, 0.1) is 0 Å². The smallest absolute Gasteiger partial charge is 0.461 e. The van der Waals surface area contributed by atoms with E-state index in [0.29, 0.717) is 31.7 Å². The van der Waals surface area contributed by atoms with E-state index in [4.69, 9.17) is 4.74 Å². The van der Waals surface area contributed by atoms with E-state index in [1.54, 1.807) is 0 Å². The lowest BCUT2D eigenvalue weighted by atomic mass is 9.99. The summed E-state index contributed by atoms with van der Waals surface area (Å²) in [7, 11) is 0. The van der Waals surface area contributed by atoms with Crippen LogP contribution >= 0.6 is 0 Å². The van der Waals surface area contributed by atoms with Crippen molar-refractivity contribution in [2.45, 2.75) is 101 Å². The van der Waals surface area contributed by atoms with Crippen molar-refractivity contribution in [1.82, 2.24) is 30.7 Å². The van der Waals surface area contributed by atoms with Crippen molar-refractivity contribution in [1.29, 1.82) is 0 Å². The summed E-state index contributed by atoms with van der Waals surface area (Å²) >= 11 is 0. The highest BCUT2D eigenvalue weighted by atomic mass is 19.4. The summed E-state index contributed by atoms with van der Waals surface area (Å²) in [6.45, 7) is 2.94. The molecule has 7 unspecified atom stereocenters. The molecule has 0 aromatic heterocycles. The number of benzene rings is 2. The van der Waals surface area contributed by atoms with Crippen molar-refractivity contribution < 1.29 is 65.0 Å². The van der Waals surface area contributed by atoms with Crippen LogP contribution in [0.2, 0.25) is 0 Å². The molecule has 4 saturated heterocycles. The van der Waals surface area contributed by atoms with Crippen molar-refractivity contribution in [3.8, 4) is 5.75 Å². The van der Waals surface area contributed by atoms with Gasteiger partial charge < -0.3 is 45.4 Å². The second-order valence-corrected chi connectivity index (χ2v) is 15.7. The summed E-state index contributed by atoms with van der Waals surface area (Å²) in [5, 5.41) is 9.90. The van der Waals surface area contributed by atoms with Gasteiger partial charge in [-0.3, -0.25) is 24.0 Å². The molecule has 0 saturated carbocycles. The van der Waals surface area contributed by atoms with E-state index in [0.717, 1.165) is 36.4 Å². The molecule has 330 valence electrons. The van der Waals surface area contributed by atoms with Crippen LogP contribution < -0.4 is 26.0 Å². The van der Waals surface area contributed by atoms with Gasteiger partial charge >= 0.3 is 18.4 Å². The number of halogens is 5. The molecule has 4 aliphatic heterocycles. The van der Waals surface area contributed by atoms with E-state index >= 15 is 0 Å². The Morgan fingerprint density at radius 1 is 0.852 bits per heavy atom. The number of nitrogens with one attached hydrogen (secondary N) is 4. The molecule has 61 heavy (non-hydrogen) atoms. The molecule has 4 aliphatic rings. The largest absolute Gasteiger partial charge is 0.573 e. The summed E-state index contributed by atoms with van der Waals surface area (Å²) in [5.74, 6) is -7.20. The molecule has 4 heterocycles. The number of esters is 1. The number of alkyl halides is 3. The van der Waals surface area contributed by atoms with Gasteiger partial charge in [-0.15, -0.1) is 13.2 Å². The summed E-state index contributed by atoms with van der Waals surface area (Å²) in [4.78, 5) is 101. The Kier molecular flexibility index (Phi) is 13.7. The second-order valence-electron chi connectivity index (χ2n) is 15.7. The summed E-state index contributed by atoms with van der Waals surface area (Å²) < 4.78 is 76.0. The van der Waals surface area contributed by atoms with Crippen LogP contribution in [-0.4, -0.2) is 125 Å². The fraction of sp³-hybridized carbons (Fsp3) is 0.525. The molecule has 0 bridgehead atoms. The van der Waals surface area contributed by atoms with Crippen LogP contribution in [0.15, 0.2) is 42.5 Å². The maximum Gasteiger partial charge on any atom is 0.573 e. The number of ether oxygens (including phenoxy) is 2. The SMILES string of the molecule is CC1CC2C(=O)OCC(NC(=O)C(Cc3cc(F)cc(F)c3)NC(=O)Nc3ccc(OC(F)(F)F)cc3)C(=O)N3CCCC3C(=O)N3CCCCC3C(=O)NC(C)C(=O)N2C1. The molecule has 7 atom stereocenters. The Morgan fingerprint density at radius 2 is 1.51 bits per heavy atom. The number of nitrogens with zero attached hydrogens (tertiary/aromatic N) is 3. The van der Waals surface area contributed by atoms with Gasteiger partial charge in [-0.1, -0.05) is 6.92 Å². The number of hydrogen-bond acceptors (Lipinski definition) is 9. The van der Waals surface area contributed by atoms with Crippen molar-refractivity contribution in [2.24, 2.45) is 5.92 Å². The number of hydrogen-bond donors (Lipinski definition) is 4. The Balaban J connectivity index is 1.29. The topological polar surface area (TPSA) is 196 Å². The number of rotatable bonds is 7. The zero-order valence-electron chi connectivity index (χ0n) is 33.3. The molecule has 0 spiro atoms. The number of urea groups is 1. The average Bonchev–Trinajstić information content (AvgIpc) is 3.85. The van der Waals surface area contributed by atoms with Gasteiger partial charge in [0.25, 0.3) is 0 Å². The molecule has 6 rings (SSSR count). The zero-order chi connectivity index (χ0) is 44.2. The van der Waals surface area contributed by atoms with Crippen molar-refractivity contribution in [3.05, 3.63) is 59.7 Å². The molecule has 2 aromatic rings. The van der Waals surface area contributed by atoms with Crippen molar-refractivity contribution in [2.75, 3.05) is 31.6 Å². The highest BCUT2D eigenvalue weighted by Gasteiger charge is 2.46. The Bertz CT molecular complexity index is 2000. The van der Waals surface area contributed by atoms with E-state index < -0.39 is 115 Å². The predicted molar refractivity (Wildman–Crippen MR) is 203 cm³/mol. The average molecular weight is 864 g/mol. The number of carbonyl (C=O) groups is 7. The molecule has 16 nitrogen and oxygen atoms in total. The first-order valence-corrected chi connectivity index (χ1v) is 19.9. The first-order valence-electron chi connectivity index (χ1n) is 19.9. The predicted octanol–water partition coefficient (Wildman–Crippen LogP) is 2.75. The maximum absolute atomic E-state index is 14.5. The monoisotopic (exact) mass is 863 g/mol. The molecule has 4 fully saturated rings. The number of carbonyl (C=O) groups excluding carboxylic acids is 7. The van der Waals surface area contributed by atoms with E-state index in [1.807, 2.05) is 6.92 Å². The van der Waals surface area contributed by atoms with E-state index in [1.165, 1.54) is 21.6 Å². The molecule has 4 N–H and O–H groups in total. The van der Waals surface area contributed by atoms with E-state index in [9.17, 15) is 55.5 Å². The minimum Gasteiger partial charge on any atom is -0.461 e. The highest BCUT2D eigenvalue weighted by Crippen LogP contribution is 2.28. The molecular weight excluding hydrogens is 817 g/mol. The van der Waals surface area contributed by atoms with Crippen LogP contribution in [0.4, 0.5) is 32.4 Å². The molecule has 2 aromatic carbocycles. The lowest BCUT2D eigenvalue weighted by molar-refractivity contribution is -0.274. The Hall–Kier alpha value is -6.02. The third-order valence-electron chi connectivity index (χ3n) is 11.0. The fourth-order valence-electron chi connectivity index (χ4n) is 8.23.